The van der Waals surface area contributed by atoms with Gasteiger partial charge in [-0.2, -0.15) is 0 Å². The fraction of sp³-hybridized carbons (Fsp3) is 0.286. The predicted octanol–water partition coefficient (Wildman–Crippen LogP) is 4.77. The Labute approximate surface area is 174 Å². The van der Waals surface area contributed by atoms with Crippen LogP contribution in [0, 0.1) is 13.8 Å². The topological polar surface area (TPSA) is 70.6 Å². The molecule has 1 saturated heterocycles. The number of hydrogen-bond acceptors (Lipinski definition) is 4. The van der Waals surface area contributed by atoms with Gasteiger partial charge in [0.2, 0.25) is 11.8 Å². The number of carbonyl (C=O) groups excluding carboxylic acids is 2. The maximum Gasteiger partial charge on any atom is 0.240 e. The Hall–Kier alpha value is -2.31. The van der Waals surface area contributed by atoms with Crippen LogP contribution >= 0.6 is 23.4 Å². The highest BCUT2D eigenvalue weighted by Crippen LogP contribution is 2.30. The highest BCUT2D eigenvalue weighted by Gasteiger charge is 2.32. The summed E-state index contributed by atoms with van der Waals surface area (Å²) in [6.07, 6.45) is 0.924. The number of amides is 2. The van der Waals surface area contributed by atoms with Crippen LogP contribution in [0.3, 0.4) is 0 Å². The number of rotatable bonds is 5. The Morgan fingerprint density at radius 1 is 1.25 bits per heavy atom. The summed E-state index contributed by atoms with van der Waals surface area (Å²) in [6, 6.07) is 11.4. The van der Waals surface area contributed by atoms with Crippen molar-refractivity contribution in [1.82, 2.24) is 5.32 Å². The Morgan fingerprint density at radius 3 is 2.75 bits per heavy atom. The molecule has 2 aromatic rings. The van der Waals surface area contributed by atoms with Crippen molar-refractivity contribution < 1.29 is 9.59 Å². The average molecular weight is 416 g/mol. The van der Waals surface area contributed by atoms with E-state index in [1.165, 1.54) is 11.8 Å². The van der Waals surface area contributed by atoms with E-state index in [4.69, 9.17) is 11.6 Å². The number of aliphatic imine (C=N–C) groups is 1. The summed E-state index contributed by atoms with van der Waals surface area (Å²) in [7, 11) is 0. The van der Waals surface area contributed by atoms with Crippen molar-refractivity contribution in [2.45, 2.75) is 38.9 Å². The first-order valence-electron chi connectivity index (χ1n) is 9.08. The second-order valence-electron chi connectivity index (χ2n) is 6.61. The third-order valence-corrected chi connectivity index (χ3v) is 6.10. The molecule has 7 heteroatoms. The molecular formula is C21H22ClN3O2S. The van der Waals surface area contributed by atoms with Gasteiger partial charge in [-0.05, 0) is 49.1 Å². The van der Waals surface area contributed by atoms with E-state index >= 15 is 0 Å². The van der Waals surface area contributed by atoms with E-state index in [2.05, 4.69) is 22.5 Å². The highest BCUT2D eigenvalue weighted by molar-refractivity contribution is 8.15. The van der Waals surface area contributed by atoms with E-state index < -0.39 is 5.25 Å². The van der Waals surface area contributed by atoms with Crippen molar-refractivity contribution in [3.63, 3.8) is 0 Å². The van der Waals surface area contributed by atoms with Gasteiger partial charge in [0.05, 0.1) is 5.69 Å². The van der Waals surface area contributed by atoms with Gasteiger partial charge in [-0.25, -0.2) is 4.99 Å². The van der Waals surface area contributed by atoms with E-state index in [1.54, 1.807) is 18.2 Å². The molecule has 0 saturated carbocycles. The lowest BCUT2D eigenvalue weighted by Crippen LogP contribution is -2.28. The summed E-state index contributed by atoms with van der Waals surface area (Å²) in [5.74, 6) is -0.433. The van der Waals surface area contributed by atoms with Gasteiger partial charge in [0.1, 0.15) is 5.25 Å². The molecule has 1 aliphatic heterocycles. The van der Waals surface area contributed by atoms with Crippen molar-refractivity contribution in [2.24, 2.45) is 4.99 Å². The van der Waals surface area contributed by atoms with Crippen LogP contribution in [0.25, 0.3) is 0 Å². The van der Waals surface area contributed by atoms with Gasteiger partial charge < -0.3 is 10.6 Å². The first kappa shape index (κ1) is 20.4. The quantitative estimate of drug-likeness (QED) is 0.739. The van der Waals surface area contributed by atoms with Crippen LogP contribution < -0.4 is 10.6 Å². The van der Waals surface area contributed by atoms with Gasteiger partial charge in [-0.3, -0.25) is 9.59 Å². The summed E-state index contributed by atoms with van der Waals surface area (Å²) in [4.78, 5) is 29.4. The molecule has 1 aliphatic rings. The highest BCUT2D eigenvalue weighted by atomic mass is 35.5. The lowest BCUT2D eigenvalue weighted by molar-refractivity contribution is -0.122. The van der Waals surface area contributed by atoms with Crippen LogP contribution in [0.1, 0.15) is 30.0 Å². The minimum Gasteiger partial charge on any atom is -0.326 e. The lowest BCUT2D eigenvalue weighted by atomic mass is 10.1. The van der Waals surface area contributed by atoms with Crippen molar-refractivity contribution >= 4 is 51.7 Å². The van der Waals surface area contributed by atoms with E-state index in [-0.39, 0.29) is 18.2 Å². The van der Waals surface area contributed by atoms with Gasteiger partial charge in [-0.1, -0.05) is 54.6 Å². The lowest BCUT2D eigenvalue weighted by Gasteiger charge is -2.10. The molecule has 1 heterocycles. The fourth-order valence-electron chi connectivity index (χ4n) is 2.97. The molecule has 2 N–H and O–H groups in total. The van der Waals surface area contributed by atoms with Crippen LogP contribution in [0.2, 0.25) is 5.02 Å². The van der Waals surface area contributed by atoms with Crippen LogP contribution in [0.5, 0.6) is 0 Å². The number of benzene rings is 2. The normalized spacial score (nSPS) is 17.6. The van der Waals surface area contributed by atoms with Crippen LogP contribution in [0.15, 0.2) is 41.4 Å². The molecule has 0 aliphatic carbocycles. The number of hydrogen-bond donors (Lipinski definition) is 2. The number of nitrogens with one attached hydrogen (secondary N) is 2. The van der Waals surface area contributed by atoms with Crippen molar-refractivity contribution in [3.8, 4) is 0 Å². The zero-order valence-electron chi connectivity index (χ0n) is 16.0. The Bertz CT molecular complexity index is 959. The fourth-order valence-corrected chi connectivity index (χ4v) is 4.12. The van der Waals surface area contributed by atoms with Crippen molar-refractivity contribution in [1.29, 1.82) is 0 Å². The molecule has 0 radical (unpaired) electrons. The van der Waals surface area contributed by atoms with Gasteiger partial charge in [0.25, 0.3) is 0 Å². The predicted molar refractivity (Wildman–Crippen MR) is 117 cm³/mol. The van der Waals surface area contributed by atoms with E-state index in [0.29, 0.717) is 15.9 Å². The molecular weight excluding hydrogens is 394 g/mol. The molecule has 5 nitrogen and oxygen atoms in total. The maximum absolute atomic E-state index is 12.4. The number of amidine groups is 1. The molecule has 146 valence electrons. The monoisotopic (exact) mass is 415 g/mol. The van der Waals surface area contributed by atoms with Crippen LogP contribution in [-0.2, 0) is 16.0 Å². The first-order valence-corrected chi connectivity index (χ1v) is 10.3. The molecule has 0 bridgehead atoms. The third kappa shape index (κ3) is 4.56. The standard InChI is InChI=1S/C21H22ClN3O2S/c1-4-14-8-5-7-12(2)19(14)24-21-25-20(27)17(28-21)11-18(26)23-16-10-6-9-15(22)13(16)3/h5-10,17H,4,11H2,1-3H3,(H,23,26)(H,24,25,27)/t17-/m0/s1. The number of aryl methyl sites for hydroxylation is 2. The molecule has 1 atom stereocenters. The second-order valence-corrected chi connectivity index (χ2v) is 8.21. The Kier molecular flexibility index (Phi) is 6.42. The molecule has 3 rings (SSSR count). The molecule has 2 aromatic carbocycles. The first-order chi connectivity index (χ1) is 13.4. The summed E-state index contributed by atoms with van der Waals surface area (Å²) < 4.78 is 0. The van der Waals surface area contributed by atoms with E-state index in [9.17, 15) is 9.59 Å². The minimum absolute atomic E-state index is 0.0654. The smallest absolute Gasteiger partial charge is 0.240 e. The summed E-state index contributed by atoms with van der Waals surface area (Å²) >= 11 is 7.38. The minimum atomic E-state index is -0.507. The van der Waals surface area contributed by atoms with E-state index in [0.717, 1.165) is 28.8 Å². The Balaban J connectivity index is 1.70. The number of anilines is 1. The average Bonchev–Trinajstić information content (AvgIpc) is 2.99. The molecule has 0 aromatic heterocycles. The molecule has 28 heavy (non-hydrogen) atoms. The van der Waals surface area contributed by atoms with E-state index in [1.807, 2.05) is 32.0 Å². The molecule has 0 unspecified atom stereocenters. The van der Waals surface area contributed by atoms with Gasteiger partial charge in [0, 0.05) is 17.1 Å². The zero-order valence-corrected chi connectivity index (χ0v) is 17.6. The zero-order chi connectivity index (χ0) is 20.3. The number of carbonyl (C=O) groups is 2. The molecule has 1 fully saturated rings. The maximum atomic E-state index is 12.4. The number of nitrogens with zero attached hydrogens (tertiary/aromatic N) is 1. The largest absolute Gasteiger partial charge is 0.326 e. The van der Waals surface area contributed by atoms with Gasteiger partial charge in [-0.15, -0.1) is 0 Å². The van der Waals surface area contributed by atoms with Gasteiger partial charge in [0.15, 0.2) is 5.17 Å². The summed E-state index contributed by atoms with van der Waals surface area (Å²) in [5, 5.41) is 6.24. The summed E-state index contributed by atoms with van der Waals surface area (Å²) in [6.45, 7) is 5.91. The third-order valence-electron chi connectivity index (χ3n) is 4.60. The second kappa shape index (κ2) is 8.80. The SMILES string of the molecule is CCc1cccc(C)c1N=C1NC(=O)[C@H](CC(=O)Nc2cccc(Cl)c2C)S1. The molecule has 2 amide bonds. The van der Waals surface area contributed by atoms with Crippen molar-refractivity contribution in [3.05, 3.63) is 58.1 Å². The molecule has 0 spiro atoms. The summed E-state index contributed by atoms with van der Waals surface area (Å²) in [5.41, 5.74) is 4.52. The van der Waals surface area contributed by atoms with Crippen molar-refractivity contribution in [2.75, 3.05) is 5.32 Å². The number of halogens is 1. The Morgan fingerprint density at radius 2 is 2.00 bits per heavy atom. The van der Waals surface area contributed by atoms with Crippen LogP contribution in [0.4, 0.5) is 11.4 Å². The van der Waals surface area contributed by atoms with Gasteiger partial charge >= 0.3 is 0 Å². The van der Waals surface area contributed by atoms with Crippen LogP contribution in [-0.4, -0.2) is 22.2 Å². The number of thioether (sulfide) groups is 1. The number of para-hydroxylation sites is 1.